The first kappa shape index (κ1) is 13.1. The maximum Gasteiger partial charge on any atom is 0.218 e. The van der Waals surface area contributed by atoms with Gasteiger partial charge in [0.1, 0.15) is 11.6 Å². The Morgan fingerprint density at radius 1 is 1.21 bits per heavy atom. The largest absolute Gasteiger partial charge is 0.478 e. The fourth-order valence-corrected chi connectivity index (χ4v) is 1.68. The van der Waals surface area contributed by atoms with Crippen LogP contribution in [0, 0.1) is 6.92 Å². The fourth-order valence-electron chi connectivity index (χ4n) is 1.68. The van der Waals surface area contributed by atoms with Crippen LogP contribution in [0.1, 0.15) is 18.3 Å². The Kier molecular flexibility index (Phi) is 4.18. The van der Waals surface area contributed by atoms with Crippen molar-refractivity contribution in [2.75, 3.05) is 17.7 Å². The molecule has 0 saturated carbocycles. The summed E-state index contributed by atoms with van der Waals surface area (Å²) in [4.78, 5) is 8.52. The number of nitrogen functional groups attached to an aromatic ring is 1. The molecule has 0 bridgehead atoms. The van der Waals surface area contributed by atoms with Crippen LogP contribution < -0.4 is 15.8 Å². The molecule has 1 heterocycles. The van der Waals surface area contributed by atoms with E-state index in [4.69, 9.17) is 10.5 Å². The Labute approximate surface area is 112 Å². The lowest BCUT2D eigenvalue weighted by atomic mass is 10.2. The number of hydrogen-bond donors (Lipinski definition) is 2. The van der Waals surface area contributed by atoms with Gasteiger partial charge in [0.05, 0.1) is 6.61 Å². The van der Waals surface area contributed by atoms with E-state index in [0.717, 1.165) is 17.1 Å². The van der Waals surface area contributed by atoms with Crippen molar-refractivity contribution in [3.63, 3.8) is 0 Å². The standard InChI is InChI=1S/C14H18N4O/c1-3-19-14-8-13(17-10(2)18-14)16-9-11-4-6-12(15)7-5-11/h4-8H,3,9,15H2,1-2H3,(H,16,17,18). The lowest BCUT2D eigenvalue weighted by molar-refractivity contribution is 0.325. The lowest BCUT2D eigenvalue weighted by Gasteiger charge is -2.09. The molecular weight excluding hydrogens is 240 g/mol. The maximum absolute atomic E-state index is 5.65. The van der Waals surface area contributed by atoms with Crippen LogP contribution in [0.15, 0.2) is 30.3 Å². The zero-order valence-corrected chi connectivity index (χ0v) is 11.2. The number of anilines is 2. The van der Waals surface area contributed by atoms with Gasteiger partial charge in [-0.05, 0) is 31.5 Å². The number of nitrogens with two attached hydrogens (primary N) is 1. The Morgan fingerprint density at radius 3 is 2.63 bits per heavy atom. The van der Waals surface area contributed by atoms with E-state index >= 15 is 0 Å². The highest BCUT2D eigenvalue weighted by atomic mass is 16.5. The highest BCUT2D eigenvalue weighted by molar-refractivity contribution is 5.42. The van der Waals surface area contributed by atoms with Gasteiger partial charge in [0.15, 0.2) is 0 Å². The number of benzene rings is 1. The second-order valence-corrected chi connectivity index (χ2v) is 4.17. The molecule has 0 aliphatic heterocycles. The van der Waals surface area contributed by atoms with Crippen molar-refractivity contribution in [2.24, 2.45) is 0 Å². The van der Waals surface area contributed by atoms with Gasteiger partial charge in [0.2, 0.25) is 5.88 Å². The molecule has 1 aromatic heterocycles. The predicted octanol–water partition coefficient (Wildman–Crippen LogP) is 2.38. The molecule has 0 spiro atoms. The summed E-state index contributed by atoms with van der Waals surface area (Å²) in [5.74, 6) is 2.04. The van der Waals surface area contributed by atoms with Crippen molar-refractivity contribution in [1.82, 2.24) is 9.97 Å². The lowest BCUT2D eigenvalue weighted by Crippen LogP contribution is -2.05. The predicted molar refractivity (Wildman–Crippen MR) is 76.1 cm³/mol. The summed E-state index contributed by atoms with van der Waals surface area (Å²) in [6.45, 7) is 5.05. The third-order valence-corrected chi connectivity index (χ3v) is 2.56. The van der Waals surface area contributed by atoms with Gasteiger partial charge in [-0.15, -0.1) is 0 Å². The van der Waals surface area contributed by atoms with Crippen LogP contribution in [0.5, 0.6) is 5.88 Å². The Bertz CT molecular complexity index is 540. The Balaban J connectivity index is 2.04. The summed E-state index contributed by atoms with van der Waals surface area (Å²) in [6.07, 6.45) is 0. The molecule has 100 valence electrons. The molecule has 0 unspecified atom stereocenters. The third kappa shape index (κ3) is 3.84. The molecule has 0 saturated heterocycles. The zero-order valence-electron chi connectivity index (χ0n) is 11.2. The van der Waals surface area contributed by atoms with E-state index in [2.05, 4.69) is 15.3 Å². The monoisotopic (exact) mass is 258 g/mol. The number of nitrogens with one attached hydrogen (secondary N) is 1. The highest BCUT2D eigenvalue weighted by Gasteiger charge is 2.02. The summed E-state index contributed by atoms with van der Waals surface area (Å²) < 4.78 is 5.39. The summed E-state index contributed by atoms with van der Waals surface area (Å²) in [6, 6.07) is 9.54. The van der Waals surface area contributed by atoms with Crippen LogP contribution in [0.4, 0.5) is 11.5 Å². The van der Waals surface area contributed by atoms with Crippen molar-refractivity contribution in [2.45, 2.75) is 20.4 Å². The Morgan fingerprint density at radius 2 is 1.95 bits per heavy atom. The topological polar surface area (TPSA) is 73.1 Å². The van der Waals surface area contributed by atoms with Gasteiger partial charge in [-0.3, -0.25) is 0 Å². The number of hydrogen-bond acceptors (Lipinski definition) is 5. The van der Waals surface area contributed by atoms with Gasteiger partial charge >= 0.3 is 0 Å². The molecule has 0 aliphatic rings. The molecule has 1 aromatic carbocycles. The van der Waals surface area contributed by atoms with E-state index in [0.29, 0.717) is 24.9 Å². The molecule has 0 atom stereocenters. The fraction of sp³-hybridized carbons (Fsp3) is 0.286. The van der Waals surface area contributed by atoms with E-state index in [-0.39, 0.29) is 0 Å². The molecule has 19 heavy (non-hydrogen) atoms. The summed E-state index contributed by atoms with van der Waals surface area (Å²) in [5, 5.41) is 3.25. The van der Waals surface area contributed by atoms with E-state index in [1.807, 2.05) is 38.1 Å². The van der Waals surface area contributed by atoms with Crippen LogP contribution in [0.3, 0.4) is 0 Å². The number of nitrogens with zero attached hydrogens (tertiary/aromatic N) is 2. The van der Waals surface area contributed by atoms with E-state index in [1.165, 1.54) is 0 Å². The van der Waals surface area contributed by atoms with Crippen LogP contribution in [-0.2, 0) is 6.54 Å². The molecule has 0 amide bonds. The van der Waals surface area contributed by atoms with Crippen LogP contribution in [0.2, 0.25) is 0 Å². The number of ether oxygens (including phenoxy) is 1. The van der Waals surface area contributed by atoms with Gasteiger partial charge in [-0.2, -0.15) is 4.98 Å². The first-order chi connectivity index (χ1) is 9.17. The molecular formula is C14H18N4O. The minimum Gasteiger partial charge on any atom is -0.478 e. The van der Waals surface area contributed by atoms with Gasteiger partial charge in [-0.25, -0.2) is 4.98 Å². The minimum atomic E-state index is 0.591. The van der Waals surface area contributed by atoms with Crippen molar-refractivity contribution >= 4 is 11.5 Å². The summed E-state index contributed by atoms with van der Waals surface area (Å²) in [5.41, 5.74) is 7.56. The van der Waals surface area contributed by atoms with E-state index < -0.39 is 0 Å². The average Bonchev–Trinajstić information content (AvgIpc) is 2.38. The molecule has 2 aromatic rings. The summed E-state index contributed by atoms with van der Waals surface area (Å²) >= 11 is 0. The first-order valence-electron chi connectivity index (χ1n) is 6.24. The zero-order chi connectivity index (χ0) is 13.7. The van der Waals surface area contributed by atoms with Gasteiger partial charge in [0, 0.05) is 18.3 Å². The van der Waals surface area contributed by atoms with E-state index in [1.54, 1.807) is 6.07 Å². The normalized spacial score (nSPS) is 10.2. The second-order valence-electron chi connectivity index (χ2n) is 4.17. The number of aromatic nitrogens is 2. The van der Waals surface area contributed by atoms with Gasteiger partial charge in [-0.1, -0.05) is 12.1 Å². The molecule has 0 radical (unpaired) electrons. The SMILES string of the molecule is CCOc1cc(NCc2ccc(N)cc2)nc(C)n1. The van der Waals surface area contributed by atoms with Crippen molar-refractivity contribution in [1.29, 1.82) is 0 Å². The molecule has 2 rings (SSSR count). The van der Waals surface area contributed by atoms with Crippen LogP contribution in [-0.4, -0.2) is 16.6 Å². The van der Waals surface area contributed by atoms with Gasteiger partial charge in [0.25, 0.3) is 0 Å². The molecule has 5 heteroatoms. The second kappa shape index (κ2) is 6.04. The van der Waals surface area contributed by atoms with Crippen LogP contribution in [0.25, 0.3) is 0 Å². The van der Waals surface area contributed by atoms with Crippen LogP contribution >= 0.6 is 0 Å². The van der Waals surface area contributed by atoms with Crippen molar-refractivity contribution in [3.8, 4) is 5.88 Å². The molecule has 3 N–H and O–H groups in total. The third-order valence-electron chi connectivity index (χ3n) is 2.56. The quantitative estimate of drug-likeness (QED) is 0.805. The summed E-state index contributed by atoms with van der Waals surface area (Å²) in [7, 11) is 0. The average molecular weight is 258 g/mol. The molecule has 0 fully saturated rings. The maximum atomic E-state index is 5.65. The minimum absolute atomic E-state index is 0.591. The first-order valence-corrected chi connectivity index (χ1v) is 6.24. The number of aryl methyl sites for hydroxylation is 1. The highest BCUT2D eigenvalue weighted by Crippen LogP contribution is 2.14. The smallest absolute Gasteiger partial charge is 0.218 e. The molecule has 0 aliphatic carbocycles. The van der Waals surface area contributed by atoms with Gasteiger partial charge < -0.3 is 15.8 Å². The number of rotatable bonds is 5. The van der Waals surface area contributed by atoms with Crippen molar-refractivity contribution < 1.29 is 4.74 Å². The Hall–Kier alpha value is -2.30. The van der Waals surface area contributed by atoms with Crippen molar-refractivity contribution in [3.05, 3.63) is 41.7 Å². The van der Waals surface area contributed by atoms with E-state index in [9.17, 15) is 0 Å². The molecule has 5 nitrogen and oxygen atoms in total.